The van der Waals surface area contributed by atoms with Gasteiger partial charge in [0.05, 0.1) is 15.7 Å². The minimum absolute atomic E-state index is 0.0487. The van der Waals surface area contributed by atoms with Gasteiger partial charge in [-0.15, -0.1) is 0 Å². The maximum Gasteiger partial charge on any atom is 0.258 e. The van der Waals surface area contributed by atoms with E-state index in [1.165, 1.54) is 0 Å². The first-order valence-electron chi connectivity index (χ1n) is 12.0. The van der Waals surface area contributed by atoms with Crippen LogP contribution < -0.4 is 10.2 Å². The number of hydrogen-bond acceptors (Lipinski definition) is 3. The molecule has 0 bridgehead atoms. The van der Waals surface area contributed by atoms with Crippen molar-refractivity contribution in [1.29, 1.82) is 0 Å². The van der Waals surface area contributed by atoms with Crippen molar-refractivity contribution < 1.29 is 14.4 Å². The van der Waals surface area contributed by atoms with E-state index in [1.807, 2.05) is 50.2 Å². The van der Waals surface area contributed by atoms with Gasteiger partial charge in [0, 0.05) is 36.5 Å². The molecule has 1 aliphatic rings. The number of carbonyl (C=O) groups excluding carboxylic acids is 3. The molecule has 188 valence electrons. The van der Waals surface area contributed by atoms with E-state index in [0.29, 0.717) is 28.6 Å². The maximum absolute atomic E-state index is 13.4. The molecular formula is C28H29Cl2N3O3. The van der Waals surface area contributed by atoms with Crippen molar-refractivity contribution in [2.75, 3.05) is 11.4 Å². The summed E-state index contributed by atoms with van der Waals surface area (Å²) in [5.74, 6) is -0.448. The molecule has 36 heavy (non-hydrogen) atoms. The van der Waals surface area contributed by atoms with Gasteiger partial charge in [0.2, 0.25) is 11.8 Å². The minimum atomic E-state index is -0.680. The number of halogens is 2. The molecule has 6 nitrogen and oxygen atoms in total. The van der Waals surface area contributed by atoms with Crippen LogP contribution in [0.2, 0.25) is 10.0 Å². The van der Waals surface area contributed by atoms with Crippen molar-refractivity contribution in [3.63, 3.8) is 0 Å². The Morgan fingerprint density at radius 1 is 1.00 bits per heavy atom. The zero-order valence-electron chi connectivity index (χ0n) is 20.6. The van der Waals surface area contributed by atoms with Gasteiger partial charge in [0.1, 0.15) is 6.04 Å². The van der Waals surface area contributed by atoms with Gasteiger partial charge < -0.3 is 15.1 Å². The number of nitrogens with zero attached hydrogens (tertiary/aromatic N) is 2. The fourth-order valence-electron chi connectivity index (χ4n) is 4.56. The van der Waals surface area contributed by atoms with E-state index in [9.17, 15) is 14.4 Å². The molecule has 4 rings (SSSR count). The van der Waals surface area contributed by atoms with Gasteiger partial charge in [-0.1, -0.05) is 53.5 Å². The third kappa shape index (κ3) is 5.35. The normalized spacial score (nSPS) is 13.4. The monoisotopic (exact) mass is 525 g/mol. The molecular weight excluding hydrogens is 497 g/mol. The van der Waals surface area contributed by atoms with Gasteiger partial charge in [-0.05, 0) is 62.4 Å². The van der Waals surface area contributed by atoms with Crippen LogP contribution in [0.4, 0.5) is 5.69 Å². The second-order valence-electron chi connectivity index (χ2n) is 9.35. The van der Waals surface area contributed by atoms with Gasteiger partial charge in [0.15, 0.2) is 0 Å². The van der Waals surface area contributed by atoms with Crippen LogP contribution in [0, 0.1) is 0 Å². The topological polar surface area (TPSA) is 69.7 Å². The average molecular weight is 526 g/mol. The molecule has 0 unspecified atom stereocenters. The summed E-state index contributed by atoms with van der Waals surface area (Å²) in [7, 11) is 0. The maximum atomic E-state index is 13.4. The summed E-state index contributed by atoms with van der Waals surface area (Å²) in [4.78, 5) is 42.5. The third-order valence-corrected chi connectivity index (χ3v) is 7.10. The Morgan fingerprint density at radius 2 is 1.72 bits per heavy atom. The lowest BCUT2D eigenvalue weighted by atomic mass is 10.1. The van der Waals surface area contributed by atoms with E-state index in [4.69, 9.17) is 23.2 Å². The van der Waals surface area contributed by atoms with Crippen LogP contribution in [-0.2, 0) is 16.1 Å². The number of rotatable bonds is 9. The second-order valence-corrected chi connectivity index (χ2v) is 10.2. The molecule has 8 heteroatoms. The van der Waals surface area contributed by atoms with Gasteiger partial charge in [-0.2, -0.15) is 0 Å². The van der Waals surface area contributed by atoms with Crippen molar-refractivity contribution in [2.24, 2.45) is 0 Å². The standard InChI is InChI=1S/C28H29Cl2N3O3/c1-17(2)31-27(35)18(3)33(16-19-12-13-22(29)23(30)15-19)25(34)11-6-14-32-24-10-5-8-20-7-4-9-21(26(20)24)28(32)36/h4-5,7-10,12-13,15,17-18H,6,11,14,16H2,1-3H3,(H,31,35)/t18-/m1/s1. The molecule has 0 radical (unpaired) electrons. The molecule has 1 aliphatic heterocycles. The lowest BCUT2D eigenvalue weighted by molar-refractivity contribution is -0.140. The van der Waals surface area contributed by atoms with Crippen LogP contribution in [-0.4, -0.2) is 41.2 Å². The van der Waals surface area contributed by atoms with Crippen molar-refractivity contribution in [3.05, 3.63) is 75.8 Å². The lowest BCUT2D eigenvalue weighted by Gasteiger charge is -2.30. The summed E-state index contributed by atoms with van der Waals surface area (Å²) >= 11 is 12.2. The van der Waals surface area contributed by atoms with Gasteiger partial charge >= 0.3 is 0 Å². The van der Waals surface area contributed by atoms with E-state index in [1.54, 1.807) is 34.9 Å². The molecule has 0 fully saturated rings. The Kier molecular flexibility index (Phi) is 7.86. The SMILES string of the molecule is CC(C)NC(=O)[C@@H](C)N(Cc1ccc(Cl)c(Cl)c1)C(=O)CCCN1C(=O)c2cccc3cccc1c23. The Balaban J connectivity index is 1.47. The predicted molar refractivity (Wildman–Crippen MR) is 145 cm³/mol. The zero-order valence-corrected chi connectivity index (χ0v) is 22.1. The Hall–Kier alpha value is -3.09. The van der Waals surface area contributed by atoms with Gasteiger partial charge in [-0.3, -0.25) is 14.4 Å². The van der Waals surface area contributed by atoms with Crippen LogP contribution >= 0.6 is 23.2 Å². The van der Waals surface area contributed by atoms with Crippen LogP contribution in [0.1, 0.15) is 49.5 Å². The number of anilines is 1. The molecule has 1 heterocycles. The molecule has 3 amide bonds. The fourth-order valence-corrected chi connectivity index (χ4v) is 4.88. The first-order valence-corrected chi connectivity index (χ1v) is 12.8. The van der Waals surface area contributed by atoms with E-state index in [0.717, 1.165) is 22.0 Å². The number of amides is 3. The first-order chi connectivity index (χ1) is 17.2. The molecule has 0 aliphatic carbocycles. The number of carbonyl (C=O) groups is 3. The number of hydrogen-bond donors (Lipinski definition) is 1. The van der Waals surface area contributed by atoms with E-state index in [2.05, 4.69) is 5.32 Å². The summed E-state index contributed by atoms with van der Waals surface area (Å²) < 4.78 is 0. The molecule has 3 aromatic carbocycles. The minimum Gasteiger partial charge on any atom is -0.352 e. The highest BCUT2D eigenvalue weighted by Crippen LogP contribution is 2.37. The molecule has 1 N–H and O–H groups in total. The molecule has 3 aromatic rings. The molecule has 0 saturated carbocycles. The van der Waals surface area contributed by atoms with Gasteiger partial charge in [0.25, 0.3) is 5.91 Å². The summed E-state index contributed by atoms with van der Waals surface area (Å²) in [5.41, 5.74) is 2.34. The Bertz CT molecular complexity index is 1320. The molecule has 0 aromatic heterocycles. The van der Waals surface area contributed by atoms with Crippen molar-refractivity contribution in [3.8, 4) is 0 Å². The van der Waals surface area contributed by atoms with Gasteiger partial charge in [-0.25, -0.2) is 0 Å². The molecule has 1 atom stereocenters. The average Bonchev–Trinajstić information content (AvgIpc) is 3.12. The highest BCUT2D eigenvalue weighted by Gasteiger charge is 2.30. The lowest BCUT2D eigenvalue weighted by Crippen LogP contribution is -2.49. The number of nitrogens with one attached hydrogen (secondary N) is 1. The highest BCUT2D eigenvalue weighted by atomic mass is 35.5. The smallest absolute Gasteiger partial charge is 0.258 e. The summed E-state index contributed by atoms with van der Waals surface area (Å²) in [6.07, 6.45) is 0.655. The molecule has 0 saturated heterocycles. The van der Waals surface area contributed by atoms with E-state index in [-0.39, 0.29) is 36.7 Å². The quantitative estimate of drug-likeness (QED) is 0.382. The largest absolute Gasteiger partial charge is 0.352 e. The highest BCUT2D eigenvalue weighted by molar-refractivity contribution is 6.42. The van der Waals surface area contributed by atoms with Crippen LogP contribution in [0.15, 0.2) is 54.6 Å². The van der Waals surface area contributed by atoms with Crippen LogP contribution in [0.5, 0.6) is 0 Å². The van der Waals surface area contributed by atoms with E-state index >= 15 is 0 Å². The first kappa shape index (κ1) is 26.0. The Labute approximate surface area is 221 Å². The fraction of sp³-hybridized carbons (Fsp3) is 0.321. The summed E-state index contributed by atoms with van der Waals surface area (Å²) in [6.45, 7) is 6.10. The van der Waals surface area contributed by atoms with Crippen molar-refractivity contribution in [1.82, 2.24) is 10.2 Å². The number of benzene rings is 3. The Morgan fingerprint density at radius 3 is 2.42 bits per heavy atom. The van der Waals surface area contributed by atoms with Crippen molar-refractivity contribution in [2.45, 2.75) is 52.2 Å². The predicted octanol–water partition coefficient (Wildman–Crippen LogP) is 5.83. The zero-order chi connectivity index (χ0) is 26.0. The van der Waals surface area contributed by atoms with E-state index < -0.39 is 6.04 Å². The summed E-state index contributed by atoms with van der Waals surface area (Å²) in [5, 5.41) is 5.67. The van der Waals surface area contributed by atoms with Crippen LogP contribution in [0.25, 0.3) is 10.8 Å². The molecule has 0 spiro atoms. The second kappa shape index (κ2) is 10.9. The third-order valence-electron chi connectivity index (χ3n) is 6.36. The summed E-state index contributed by atoms with van der Waals surface area (Å²) in [6, 6.07) is 16.0. The van der Waals surface area contributed by atoms with Crippen molar-refractivity contribution >= 4 is 57.4 Å². The van der Waals surface area contributed by atoms with Crippen LogP contribution in [0.3, 0.4) is 0 Å².